The van der Waals surface area contributed by atoms with E-state index in [1.807, 2.05) is 0 Å². The van der Waals surface area contributed by atoms with Crippen LogP contribution in [0.5, 0.6) is 0 Å². The molecule has 1 aromatic heterocycles. The number of carbonyl (C=O) groups is 1. The van der Waals surface area contributed by atoms with Crippen LogP contribution < -0.4 is 0 Å². The lowest BCUT2D eigenvalue weighted by Gasteiger charge is -2.20. The number of nitrogens with zero attached hydrogens (tertiary/aromatic N) is 3. The zero-order valence-electron chi connectivity index (χ0n) is 14.5. The Morgan fingerprint density at radius 1 is 1.27 bits per heavy atom. The van der Waals surface area contributed by atoms with Crippen LogP contribution in [0.25, 0.3) is 0 Å². The molecule has 5 nitrogen and oxygen atoms in total. The number of carbonyl (C=O) groups excluding carboxylic acids is 1. The minimum Gasteiger partial charge on any atom is -0.462 e. The first-order chi connectivity index (χ1) is 10.6. The average Bonchev–Trinajstić information content (AvgIpc) is 2.91. The van der Waals surface area contributed by atoms with E-state index in [1.54, 1.807) is 17.1 Å². The highest BCUT2D eigenvalue weighted by Crippen LogP contribution is 2.04. The van der Waals surface area contributed by atoms with E-state index in [2.05, 4.69) is 37.7 Å². The number of ether oxygens (including phenoxy) is 1. The summed E-state index contributed by atoms with van der Waals surface area (Å²) in [6.07, 6.45) is 6.56. The van der Waals surface area contributed by atoms with Crippen molar-refractivity contribution in [2.24, 2.45) is 5.92 Å². The molecular formula is C17H31N3O2. The summed E-state index contributed by atoms with van der Waals surface area (Å²) in [6.45, 7) is 13.1. The van der Waals surface area contributed by atoms with Crippen LogP contribution in [0.2, 0.25) is 0 Å². The van der Waals surface area contributed by atoms with E-state index < -0.39 is 0 Å². The van der Waals surface area contributed by atoms with Gasteiger partial charge >= 0.3 is 5.97 Å². The first-order valence-electron chi connectivity index (χ1n) is 8.48. The molecule has 0 radical (unpaired) electrons. The molecule has 0 spiro atoms. The number of hydrogen-bond donors (Lipinski definition) is 0. The van der Waals surface area contributed by atoms with E-state index in [0.29, 0.717) is 18.1 Å². The van der Waals surface area contributed by atoms with Crippen molar-refractivity contribution in [3.8, 4) is 0 Å². The monoisotopic (exact) mass is 309 g/mol. The Labute approximate surface area is 134 Å². The fourth-order valence-corrected chi connectivity index (χ4v) is 2.45. The van der Waals surface area contributed by atoms with Gasteiger partial charge in [0.15, 0.2) is 0 Å². The van der Waals surface area contributed by atoms with Crippen LogP contribution >= 0.6 is 0 Å². The van der Waals surface area contributed by atoms with Gasteiger partial charge in [0, 0.05) is 19.3 Å². The number of hydrogen-bond acceptors (Lipinski definition) is 4. The number of rotatable bonds is 11. The van der Waals surface area contributed by atoms with Crippen molar-refractivity contribution >= 4 is 5.97 Å². The van der Waals surface area contributed by atoms with Crippen molar-refractivity contribution in [2.75, 3.05) is 26.2 Å². The first-order valence-corrected chi connectivity index (χ1v) is 8.48. The summed E-state index contributed by atoms with van der Waals surface area (Å²) in [5, 5.41) is 4.19. The molecule has 0 N–H and O–H groups in total. The van der Waals surface area contributed by atoms with Crippen LogP contribution in [0.3, 0.4) is 0 Å². The molecule has 126 valence electrons. The van der Waals surface area contributed by atoms with Crippen molar-refractivity contribution < 1.29 is 9.53 Å². The van der Waals surface area contributed by atoms with Crippen molar-refractivity contribution in [1.82, 2.24) is 14.7 Å². The lowest BCUT2D eigenvalue weighted by Crippen LogP contribution is -2.27. The quantitative estimate of drug-likeness (QED) is 0.465. The molecule has 0 fully saturated rings. The van der Waals surface area contributed by atoms with E-state index in [4.69, 9.17) is 4.74 Å². The zero-order valence-corrected chi connectivity index (χ0v) is 14.5. The van der Waals surface area contributed by atoms with E-state index in [0.717, 1.165) is 45.4 Å². The Bertz CT molecular complexity index is 423. The van der Waals surface area contributed by atoms with Crippen LogP contribution in [-0.2, 0) is 11.3 Å². The van der Waals surface area contributed by atoms with E-state index in [-0.39, 0.29) is 5.97 Å². The van der Waals surface area contributed by atoms with Gasteiger partial charge in [-0.1, -0.05) is 27.7 Å². The molecule has 1 rings (SSSR count). The topological polar surface area (TPSA) is 47.4 Å². The maximum Gasteiger partial charge on any atom is 0.341 e. The number of aromatic nitrogens is 2. The molecule has 22 heavy (non-hydrogen) atoms. The van der Waals surface area contributed by atoms with Gasteiger partial charge in [-0.3, -0.25) is 4.68 Å². The van der Waals surface area contributed by atoms with Gasteiger partial charge in [-0.2, -0.15) is 5.10 Å². The molecule has 0 saturated carbocycles. The Balaban J connectivity index is 2.29. The zero-order chi connectivity index (χ0) is 16.4. The molecule has 1 heterocycles. The molecule has 0 aliphatic carbocycles. The molecule has 0 saturated heterocycles. The molecule has 0 amide bonds. The lowest BCUT2D eigenvalue weighted by molar-refractivity contribution is 0.0488. The summed E-state index contributed by atoms with van der Waals surface area (Å²) < 4.78 is 7.13. The van der Waals surface area contributed by atoms with Crippen molar-refractivity contribution in [2.45, 2.75) is 53.5 Å². The summed E-state index contributed by atoms with van der Waals surface area (Å²) in [4.78, 5) is 14.4. The summed E-state index contributed by atoms with van der Waals surface area (Å²) in [5.41, 5.74) is 0.541. The van der Waals surface area contributed by atoms with E-state index in [1.165, 1.54) is 0 Å². The minimum atomic E-state index is -0.271. The Morgan fingerprint density at radius 3 is 2.55 bits per heavy atom. The summed E-state index contributed by atoms with van der Waals surface area (Å²) >= 11 is 0. The second-order valence-electron chi connectivity index (χ2n) is 6.18. The highest BCUT2D eigenvalue weighted by atomic mass is 16.5. The van der Waals surface area contributed by atoms with Crippen LogP contribution in [0.1, 0.15) is 57.3 Å². The molecule has 0 aliphatic rings. The molecule has 0 unspecified atom stereocenters. The third kappa shape index (κ3) is 7.07. The van der Waals surface area contributed by atoms with Crippen LogP contribution in [0, 0.1) is 5.92 Å². The summed E-state index contributed by atoms with van der Waals surface area (Å²) in [5.74, 6) is 0.236. The third-order valence-electron chi connectivity index (χ3n) is 3.35. The predicted octanol–water partition coefficient (Wildman–Crippen LogP) is 3.21. The summed E-state index contributed by atoms with van der Waals surface area (Å²) in [7, 11) is 0. The maximum atomic E-state index is 12.0. The highest BCUT2D eigenvalue weighted by molar-refractivity contribution is 5.88. The van der Waals surface area contributed by atoms with Crippen LogP contribution in [0.4, 0.5) is 0 Å². The average molecular weight is 309 g/mol. The van der Waals surface area contributed by atoms with Gasteiger partial charge < -0.3 is 9.64 Å². The standard InChI is InChI=1S/C17H31N3O2/c1-5-8-19(9-6-2)10-7-11-22-17(21)16-12-18-20(14-16)13-15(3)4/h12,14-15H,5-11,13H2,1-4H3. The Kier molecular flexibility index (Phi) is 8.82. The third-order valence-corrected chi connectivity index (χ3v) is 3.35. The SMILES string of the molecule is CCCN(CCC)CCCOC(=O)c1cnn(CC(C)C)c1. The van der Waals surface area contributed by atoms with Gasteiger partial charge in [-0.15, -0.1) is 0 Å². The normalized spacial score (nSPS) is 11.4. The molecule has 0 bridgehead atoms. The first kappa shape index (κ1) is 18.7. The fourth-order valence-electron chi connectivity index (χ4n) is 2.45. The molecule has 5 heteroatoms. The summed E-state index contributed by atoms with van der Waals surface area (Å²) in [6, 6.07) is 0. The second kappa shape index (κ2) is 10.4. The highest BCUT2D eigenvalue weighted by Gasteiger charge is 2.11. The van der Waals surface area contributed by atoms with Crippen LogP contribution in [0.15, 0.2) is 12.4 Å². The van der Waals surface area contributed by atoms with E-state index in [9.17, 15) is 4.79 Å². The molecule has 1 aromatic rings. The molecule has 0 aromatic carbocycles. The van der Waals surface area contributed by atoms with Gasteiger partial charge in [-0.05, 0) is 38.3 Å². The molecular weight excluding hydrogens is 278 g/mol. The minimum absolute atomic E-state index is 0.271. The molecule has 0 aliphatic heterocycles. The van der Waals surface area contributed by atoms with Crippen molar-refractivity contribution in [1.29, 1.82) is 0 Å². The van der Waals surface area contributed by atoms with E-state index >= 15 is 0 Å². The molecule has 0 atom stereocenters. The van der Waals surface area contributed by atoms with Gasteiger partial charge in [0.1, 0.15) is 0 Å². The fraction of sp³-hybridized carbons (Fsp3) is 0.765. The van der Waals surface area contributed by atoms with Crippen molar-refractivity contribution in [3.05, 3.63) is 18.0 Å². The van der Waals surface area contributed by atoms with Crippen molar-refractivity contribution in [3.63, 3.8) is 0 Å². The van der Waals surface area contributed by atoms with Gasteiger partial charge in [0.25, 0.3) is 0 Å². The Morgan fingerprint density at radius 2 is 1.95 bits per heavy atom. The van der Waals surface area contributed by atoms with Crippen LogP contribution in [-0.4, -0.2) is 46.9 Å². The second-order valence-corrected chi connectivity index (χ2v) is 6.18. The Hall–Kier alpha value is -1.36. The van der Waals surface area contributed by atoms with Gasteiger partial charge in [0.2, 0.25) is 0 Å². The predicted molar refractivity (Wildman–Crippen MR) is 89.0 cm³/mol. The smallest absolute Gasteiger partial charge is 0.341 e. The number of esters is 1. The lowest BCUT2D eigenvalue weighted by atomic mass is 10.2. The van der Waals surface area contributed by atoms with Gasteiger partial charge in [0.05, 0.1) is 18.4 Å². The largest absolute Gasteiger partial charge is 0.462 e. The maximum absolute atomic E-state index is 12.0. The van der Waals surface area contributed by atoms with Gasteiger partial charge in [-0.25, -0.2) is 4.79 Å².